The molecule has 3 N–H and O–H groups in total. The van der Waals surface area contributed by atoms with Gasteiger partial charge in [-0.05, 0) is 31.6 Å². The van der Waals surface area contributed by atoms with Crippen LogP contribution in [0.3, 0.4) is 0 Å². The number of carbonyl (C=O) groups excluding carboxylic acids is 1. The zero-order valence-electron chi connectivity index (χ0n) is 12.3. The van der Waals surface area contributed by atoms with Crippen LogP contribution in [0, 0.1) is 11.3 Å². The molecule has 3 nitrogen and oxygen atoms in total. The molecule has 0 aromatic carbocycles. The lowest BCUT2D eigenvalue weighted by Gasteiger charge is -2.45. The molecule has 0 aromatic heterocycles. The van der Waals surface area contributed by atoms with E-state index in [9.17, 15) is 4.79 Å². The molecule has 0 aliphatic heterocycles. The third-order valence-electron chi connectivity index (χ3n) is 4.23. The molecule has 1 saturated carbocycles. The molecule has 1 rings (SSSR count). The molecule has 18 heavy (non-hydrogen) atoms. The Labute approximate surface area is 112 Å². The van der Waals surface area contributed by atoms with Gasteiger partial charge in [-0.2, -0.15) is 0 Å². The Kier molecular flexibility index (Phi) is 6.13. The molecule has 1 fully saturated rings. The summed E-state index contributed by atoms with van der Waals surface area (Å²) in [6, 6.07) is 0.349. The molecule has 0 aromatic rings. The third-order valence-corrected chi connectivity index (χ3v) is 4.23. The zero-order chi connectivity index (χ0) is 13.6. The van der Waals surface area contributed by atoms with Gasteiger partial charge in [0.25, 0.3) is 0 Å². The Morgan fingerprint density at radius 1 is 1.33 bits per heavy atom. The predicted octanol–water partition coefficient (Wildman–Crippen LogP) is 2.84. The van der Waals surface area contributed by atoms with Gasteiger partial charge in [0.05, 0.1) is 5.41 Å². The molecule has 0 heterocycles. The Hall–Kier alpha value is -0.570. The number of carbonyl (C=O) groups is 1. The zero-order valence-corrected chi connectivity index (χ0v) is 12.3. The van der Waals surface area contributed by atoms with Gasteiger partial charge in [-0.1, -0.05) is 40.0 Å². The fourth-order valence-electron chi connectivity index (χ4n) is 3.15. The van der Waals surface area contributed by atoms with Crippen molar-refractivity contribution in [1.29, 1.82) is 0 Å². The maximum Gasteiger partial charge on any atom is 0.227 e. The van der Waals surface area contributed by atoms with Gasteiger partial charge in [0, 0.05) is 12.6 Å². The maximum absolute atomic E-state index is 12.4. The Bertz CT molecular complexity index is 259. The lowest BCUT2D eigenvalue weighted by atomic mass is 9.62. The molecule has 106 valence electrons. The van der Waals surface area contributed by atoms with E-state index in [-0.39, 0.29) is 11.3 Å². The van der Waals surface area contributed by atoms with E-state index in [4.69, 9.17) is 5.73 Å². The van der Waals surface area contributed by atoms with Gasteiger partial charge >= 0.3 is 0 Å². The lowest BCUT2D eigenvalue weighted by Crippen LogP contribution is -2.55. The van der Waals surface area contributed by atoms with Gasteiger partial charge in [-0.3, -0.25) is 4.79 Å². The van der Waals surface area contributed by atoms with E-state index in [1.165, 1.54) is 12.8 Å². The van der Waals surface area contributed by atoms with E-state index >= 15 is 0 Å². The minimum atomic E-state index is -0.252. The van der Waals surface area contributed by atoms with Gasteiger partial charge in [-0.25, -0.2) is 0 Å². The van der Waals surface area contributed by atoms with Crippen LogP contribution in [0.25, 0.3) is 0 Å². The van der Waals surface area contributed by atoms with Gasteiger partial charge in [-0.15, -0.1) is 0 Å². The average molecular weight is 254 g/mol. The van der Waals surface area contributed by atoms with Crippen LogP contribution < -0.4 is 11.1 Å². The lowest BCUT2D eigenvalue weighted by molar-refractivity contribution is -0.139. The Morgan fingerprint density at radius 2 is 2.00 bits per heavy atom. The molecule has 0 spiro atoms. The molecule has 1 unspecified atom stereocenters. The second-order valence-electron chi connectivity index (χ2n) is 6.10. The summed E-state index contributed by atoms with van der Waals surface area (Å²) >= 11 is 0. The number of amides is 1. The molecule has 0 bridgehead atoms. The summed E-state index contributed by atoms with van der Waals surface area (Å²) in [6.07, 6.45) is 7.62. The SMILES string of the molecule is CCCCC(CCC)NC(=O)C1(CN)CC(C)C1. The van der Waals surface area contributed by atoms with Crippen molar-refractivity contribution in [3.05, 3.63) is 0 Å². The fourth-order valence-corrected chi connectivity index (χ4v) is 3.15. The van der Waals surface area contributed by atoms with Crippen LogP contribution >= 0.6 is 0 Å². The second-order valence-corrected chi connectivity index (χ2v) is 6.10. The van der Waals surface area contributed by atoms with Crippen molar-refractivity contribution in [3.8, 4) is 0 Å². The molecule has 1 aliphatic carbocycles. The first kappa shape index (κ1) is 15.5. The highest BCUT2D eigenvalue weighted by Crippen LogP contribution is 2.44. The van der Waals surface area contributed by atoms with Crippen LogP contribution in [0.1, 0.15) is 65.7 Å². The smallest absolute Gasteiger partial charge is 0.227 e. The van der Waals surface area contributed by atoms with Gasteiger partial charge < -0.3 is 11.1 Å². The highest BCUT2D eigenvalue weighted by Gasteiger charge is 2.47. The monoisotopic (exact) mass is 254 g/mol. The number of nitrogens with two attached hydrogens (primary N) is 1. The molecule has 0 saturated heterocycles. The highest BCUT2D eigenvalue weighted by molar-refractivity contribution is 5.84. The average Bonchev–Trinajstić information content (AvgIpc) is 2.31. The molecular weight excluding hydrogens is 224 g/mol. The van der Waals surface area contributed by atoms with Crippen LogP contribution in [-0.2, 0) is 4.79 Å². The third kappa shape index (κ3) is 3.71. The van der Waals surface area contributed by atoms with Gasteiger partial charge in [0.1, 0.15) is 0 Å². The summed E-state index contributed by atoms with van der Waals surface area (Å²) in [6.45, 7) is 7.06. The highest BCUT2D eigenvalue weighted by atomic mass is 16.2. The maximum atomic E-state index is 12.4. The Balaban J connectivity index is 2.49. The summed E-state index contributed by atoms with van der Waals surface area (Å²) < 4.78 is 0. The minimum Gasteiger partial charge on any atom is -0.353 e. The van der Waals surface area contributed by atoms with Crippen LogP contribution in [0.2, 0.25) is 0 Å². The number of rotatable bonds is 8. The van der Waals surface area contributed by atoms with E-state index in [0.29, 0.717) is 18.5 Å². The normalized spacial score (nSPS) is 28.6. The quantitative estimate of drug-likeness (QED) is 0.700. The fraction of sp³-hybridized carbons (Fsp3) is 0.933. The summed E-state index contributed by atoms with van der Waals surface area (Å²) in [7, 11) is 0. The summed E-state index contributed by atoms with van der Waals surface area (Å²) in [5.41, 5.74) is 5.57. The van der Waals surface area contributed by atoms with E-state index in [1.54, 1.807) is 0 Å². The van der Waals surface area contributed by atoms with Crippen molar-refractivity contribution in [2.75, 3.05) is 6.54 Å². The van der Waals surface area contributed by atoms with Crippen molar-refractivity contribution in [3.63, 3.8) is 0 Å². The van der Waals surface area contributed by atoms with E-state index in [0.717, 1.165) is 32.1 Å². The first-order chi connectivity index (χ1) is 8.57. The standard InChI is InChI=1S/C15H30N2O/c1-4-6-8-13(7-5-2)17-14(18)15(11-16)9-12(3)10-15/h12-13H,4-11,16H2,1-3H3,(H,17,18). The minimum absolute atomic E-state index is 0.206. The number of unbranched alkanes of at least 4 members (excludes halogenated alkanes) is 1. The van der Waals surface area contributed by atoms with Crippen LogP contribution in [0.15, 0.2) is 0 Å². The topological polar surface area (TPSA) is 55.1 Å². The molecule has 1 amide bonds. The molecule has 1 aliphatic rings. The second kappa shape index (κ2) is 7.13. The first-order valence-corrected chi connectivity index (χ1v) is 7.59. The van der Waals surface area contributed by atoms with Crippen molar-refractivity contribution >= 4 is 5.91 Å². The largest absolute Gasteiger partial charge is 0.353 e. The Morgan fingerprint density at radius 3 is 2.44 bits per heavy atom. The van der Waals surface area contributed by atoms with Crippen LogP contribution in [0.4, 0.5) is 0 Å². The van der Waals surface area contributed by atoms with Crippen LogP contribution in [0.5, 0.6) is 0 Å². The van der Waals surface area contributed by atoms with E-state index < -0.39 is 0 Å². The summed E-state index contributed by atoms with van der Waals surface area (Å²) in [5.74, 6) is 0.859. The molecule has 1 atom stereocenters. The molecule has 3 heteroatoms. The number of hydrogen-bond acceptors (Lipinski definition) is 2. The van der Waals surface area contributed by atoms with E-state index in [2.05, 4.69) is 26.1 Å². The summed E-state index contributed by atoms with van der Waals surface area (Å²) in [5, 5.41) is 3.25. The number of nitrogens with one attached hydrogen (secondary N) is 1. The van der Waals surface area contributed by atoms with Crippen molar-refractivity contribution in [1.82, 2.24) is 5.32 Å². The number of hydrogen-bond donors (Lipinski definition) is 2. The van der Waals surface area contributed by atoms with Gasteiger partial charge in [0.15, 0.2) is 0 Å². The summed E-state index contributed by atoms with van der Waals surface area (Å²) in [4.78, 5) is 12.4. The molecular formula is C15H30N2O. The van der Waals surface area contributed by atoms with Crippen molar-refractivity contribution in [2.24, 2.45) is 17.1 Å². The van der Waals surface area contributed by atoms with Crippen molar-refractivity contribution < 1.29 is 4.79 Å². The van der Waals surface area contributed by atoms with Crippen LogP contribution in [-0.4, -0.2) is 18.5 Å². The molecule has 0 radical (unpaired) electrons. The predicted molar refractivity (Wildman–Crippen MR) is 76.2 cm³/mol. The van der Waals surface area contributed by atoms with E-state index in [1.807, 2.05) is 0 Å². The first-order valence-electron chi connectivity index (χ1n) is 7.59. The van der Waals surface area contributed by atoms with Crippen molar-refractivity contribution in [2.45, 2.75) is 71.8 Å². The van der Waals surface area contributed by atoms with Gasteiger partial charge in [0.2, 0.25) is 5.91 Å².